The van der Waals surface area contributed by atoms with Gasteiger partial charge in [0.05, 0.1) is 15.5 Å². The van der Waals surface area contributed by atoms with Crippen LogP contribution in [0.15, 0.2) is 24.3 Å². The minimum Gasteiger partial charge on any atom is -0.454 e. The summed E-state index contributed by atoms with van der Waals surface area (Å²) in [6, 6.07) is 6.36. The van der Waals surface area contributed by atoms with Gasteiger partial charge in [0.15, 0.2) is 5.75 Å². The van der Waals surface area contributed by atoms with Crippen molar-refractivity contribution in [3.05, 3.63) is 45.4 Å². The third kappa shape index (κ3) is 2.52. The van der Waals surface area contributed by atoms with Crippen LogP contribution in [0.2, 0.25) is 10.0 Å². The lowest BCUT2D eigenvalue weighted by atomic mass is 9.80. The van der Waals surface area contributed by atoms with E-state index in [1.54, 1.807) is 6.07 Å². The average molecular weight is 378 g/mol. The molecule has 0 unspecified atom stereocenters. The fraction of sp³-hybridized carbons (Fsp3) is 0.235. The van der Waals surface area contributed by atoms with E-state index in [1.807, 2.05) is 13.0 Å². The van der Waals surface area contributed by atoms with Gasteiger partial charge in [-0.05, 0) is 60.6 Å². The molecule has 3 N–H and O–H groups in total. The van der Waals surface area contributed by atoms with E-state index < -0.39 is 12.5 Å². The molecule has 1 heterocycles. The van der Waals surface area contributed by atoms with Gasteiger partial charge in [-0.3, -0.25) is 4.79 Å². The first-order valence-corrected chi connectivity index (χ1v) is 8.57. The highest BCUT2D eigenvalue weighted by atomic mass is 35.5. The summed E-state index contributed by atoms with van der Waals surface area (Å²) < 4.78 is 5.92. The number of halogens is 2. The maximum atomic E-state index is 12.2. The van der Waals surface area contributed by atoms with Crippen molar-refractivity contribution in [2.75, 3.05) is 5.32 Å². The van der Waals surface area contributed by atoms with Gasteiger partial charge in [-0.2, -0.15) is 0 Å². The Bertz CT molecular complexity index is 889. The normalized spacial score (nSPS) is 16.6. The monoisotopic (exact) mass is 377 g/mol. The summed E-state index contributed by atoms with van der Waals surface area (Å²) in [6.45, 7) is 1.90. The zero-order valence-corrected chi connectivity index (χ0v) is 14.8. The van der Waals surface area contributed by atoms with E-state index in [1.165, 1.54) is 12.1 Å². The number of amides is 1. The standard InChI is InChI=1S/C17H14BCl2NO4/c1-8-13(3-2-12-14(8)17(4-5-17)16(22)21-12)25-15-10(19)6-9(18(23)24)7-11(15)20/h2-3,6-7,23-24H,4-5H2,1H3,(H,21,22). The van der Waals surface area contributed by atoms with Gasteiger partial charge >= 0.3 is 7.12 Å². The number of carbonyl (C=O) groups is 1. The Labute approximate surface area is 154 Å². The first-order valence-electron chi connectivity index (χ1n) is 7.82. The first-order chi connectivity index (χ1) is 11.8. The van der Waals surface area contributed by atoms with Crippen LogP contribution in [0.25, 0.3) is 0 Å². The molecule has 128 valence electrons. The summed E-state index contributed by atoms with van der Waals surface area (Å²) in [5, 5.41) is 21.8. The second-order valence-corrected chi connectivity index (χ2v) is 7.25. The van der Waals surface area contributed by atoms with Gasteiger partial charge in [-0.1, -0.05) is 23.2 Å². The Morgan fingerprint density at radius 2 is 1.84 bits per heavy atom. The van der Waals surface area contributed by atoms with Crippen LogP contribution in [0.3, 0.4) is 0 Å². The Morgan fingerprint density at radius 1 is 1.20 bits per heavy atom. The van der Waals surface area contributed by atoms with Crippen LogP contribution in [0, 0.1) is 6.92 Å². The van der Waals surface area contributed by atoms with Crippen molar-refractivity contribution in [1.82, 2.24) is 0 Å². The number of nitrogens with one attached hydrogen (secondary N) is 1. The Morgan fingerprint density at radius 3 is 2.40 bits per heavy atom. The molecule has 1 spiro atoms. The molecule has 0 atom stereocenters. The summed E-state index contributed by atoms with van der Waals surface area (Å²) in [5.41, 5.74) is 2.43. The van der Waals surface area contributed by atoms with Gasteiger partial charge in [-0.25, -0.2) is 0 Å². The van der Waals surface area contributed by atoms with E-state index in [0.29, 0.717) is 5.75 Å². The van der Waals surface area contributed by atoms with Gasteiger partial charge in [0.2, 0.25) is 5.91 Å². The molecule has 8 heteroatoms. The molecule has 0 bridgehead atoms. The first kappa shape index (κ1) is 16.7. The van der Waals surface area contributed by atoms with E-state index in [-0.39, 0.29) is 27.2 Å². The highest BCUT2D eigenvalue weighted by molar-refractivity contribution is 6.59. The molecule has 0 aromatic heterocycles. The van der Waals surface area contributed by atoms with Gasteiger partial charge in [0.25, 0.3) is 0 Å². The number of ether oxygens (including phenoxy) is 1. The molecule has 1 fully saturated rings. The van der Waals surface area contributed by atoms with E-state index in [4.69, 9.17) is 27.9 Å². The number of hydrogen-bond acceptors (Lipinski definition) is 4. The Hall–Kier alpha value is -1.73. The van der Waals surface area contributed by atoms with Crippen LogP contribution in [-0.2, 0) is 10.2 Å². The molecule has 1 saturated carbocycles. The minimum absolute atomic E-state index is 0.0418. The highest BCUT2D eigenvalue weighted by Crippen LogP contribution is 2.57. The molecule has 1 aliphatic carbocycles. The second-order valence-electron chi connectivity index (χ2n) is 6.44. The maximum absolute atomic E-state index is 12.2. The third-order valence-corrected chi connectivity index (χ3v) is 5.42. The largest absolute Gasteiger partial charge is 0.488 e. The van der Waals surface area contributed by atoms with Crippen LogP contribution in [0.4, 0.5) is 5.69 Å². The molecule has 4 rings (SSSR count). The number of anilines is 1. The topological polar surface area (TPSA) is 78.8 Å². The summed E-state index contributed by atoms with van der Waals surface area (Å²) in [4.78, 5) is 12.2. The van der Waals surface area contributed by atoms with Crippen molar-refractivity contribution >= 4 is 47.4 Å². The molecular formula is C17H14BCl2NO4. The van der Waals surface area contributed by atoms with Crippen molar-refractivity contribution in [2.45, 2.75) is 25.2 Å². The lowest BCUT2D eigenvalue weighted by Gasteiger charge is -2.16. The van der Waals surface area contributed by atoms with E-state index in [2.05, 4.69) is 5.32 Å². The molecule has 5 nitrogen and oxygen atoms in total. The average Bonchev–Trinajstić information content (AvgIpc) is 3.28. The highest BCUT2D eigenvalue weighted by Gasteiger charge is 2.57. The SMILES string of the molecule is Cc1c(Oc2c(Cl)cc(B(O)O)cc2Cl)ccc2c1C1(CC1)C(=O)N2. The number of hydrogen-bond donors (Lipinski definition) is 3. The van der Waals surface area contributed by atoms with Crippen LogP contribution in [0.1, 0.15) is 24.0 Å². The summed E-state index contributed by atoms with van der Waals surface area (Å²) in [5.74, 6) is 0.834. The Balaban J connectivity index is 1.74. The predicted molar refractivity (Wildman–Crippen MR) is 97.1 cm³/mol. The summed E-state index contributed by atoms with van der Waals surface area (Å²) >= 11 is 12.4. The number of carbonyl (C=O) groups excluding carboxylic acids is 1. The fourth-order valence-corrected chi connectivity index (χ4v) is 4.00. The van der Waals surface area contributed by atoms with Crippen molar-refractivity contribution in [2.24, 2.45) is 0 Å². The van der Waals surface area contributed by atoms with E-state index >= 15 is 0 Å². The van der Waals surface area contributed by atoms with Crippen LogP contribution < -0.4 is 15.5 Å². The van der Waals surface area contributed by atoms with Gasteiger partial charge < -0.3 is 20.1 Å². The van der Waals surface area contributed by atoms with Crippen LogP contribution >= 0.6 is 23.2 Å². The van der Waals surface area contributed by atoms with Crippen molar-refractivity contribution in [3.63, 3.8) is 0 Å². The fourth-order valence-electron chi connectivity index (χ4n) is 3.42. The molecule has 1 amide bonds. The lowest BCUT2D eigenvalue weighted by molar-refractivity contribution is -0.117. The van der Waals surface area contributed by atoms with Crippen molar-refractivity contribution in [1.29, 1.82) is 0 Å². The molecule has 2 aliphatic rings. The van der Waals surface area contributed by atoms with E-state index in [9.17, 15) is 14.8 Å². The smallest absolute Gasteiger partial charge is 0.454 e. The quantitative estimate of drug-likeness (QED) is 0.718. The van der Waals surface area contributed by atoms with Crippen molar-refractivity contribution < 1.29 is 19.6 Å². The third-order valence-electron chi connectivity index (χ3n) is 4.86. The number of fused-ring (bicyclic) bond motifs is 2. The van der Waals surface area contributed by atoms with Gasteiger partial charge in [0, 0.05) is 5.69 Å². The summed E-state index contributed by atoms with van der Waals surface area (Å²) in [7, 11) is -1.67. The molecule has 25 heavy (non-hydrogen) atoms. The second kappa shape index (κ2) is 5.64. The molecule has 2 aromatic carbocycles. The minimum atomic E-state index is -1.67. The number of benzene rings is 2. The van der Waals surface area contributed by atoms with Crippen molar-refractivity contribution in [3.8, 4) is 11.5 Å². The van der Waals surface area contributed by atoms with E-state index in [0.717, 1.165) is 29.7 Å². The van der Waals surface area contributed by atoms with Crippen LogP contribution in [0.5, 0.6) is 11.5 Å². The number of rotatable bonds is 3. The molecular weight excluding hydrogens is 364 g/mol. The summed E-state index contributed by atoms with van der Waals surface area (Å²) in [6.07, 6.45) is 1.67. The zero-order valence-electron chi connectivity index (χ0n) is 13.3. The van der Waals surface area contributed by atoms with Gasteiger partial charge in [0.1, 0.15) is 5.75 Å². The maximum Gasteiger partial charge on any atom is 0.488 e. The zero-order chi connectivity index (χ0) is 17.9. The molecule has 0 saturated heterocycles. The molecule has 1 aliphatic heterocycles. The van der Waals surface area contributed by atoms with Gasteiger partial charge in [-0.15, -0.1) is 0 Å². The molecule has 2 aromatic rings. The predicted octanol–water partition coefficient (Wildman–Crippen LogP) is 2.76. The Kier molecular flexibility index (Phi) is 3.77. The lowest BCUT2D eigenvalue weighted by Crippen LogP contribution is -2.29. The van der Waals surface area contributed by atoms with Crippen LogP contribution in [-0.4, -0.2) is 23.1 Å². The molecule has 0 radical (unpaired) electrons.